The second-order valence-electron chi connectivity index (χ2n) is 8.39. The average molecular weight is 497 g/mol. The van der Waals surface area contributed by atoms with Crippen LogP contribution in [0.1, 0.15) is 41.4 Å². The highest BCUT2D eigenvalue weighted by Crippen LogP contribution is 2.40. The number of hydrogen-bond donors (Lipinski definition) is 2. The zero-order chi connectivity index (χ0) is 24.5. The van der Waals surface area contributed by atoms with E-state index >= 15 is 0 Å². The van der Waals surface area contributed by atoms with Crippen LogP contribution in [0.5, 0.6) is 0 Å². The largest absolute Gasteiger partial charge is 0.481 e. The van der Waals surface area contributed by atoms with Crippen LogP contribution in [0.3, 0.4) is 0 Å². The number of hydrogen-bond acceptors (Lipinski definition) is 8. The predicted molar refractivity (Wildman–Crippen MR) is 117 cm³/mol. The van der Waals surface area contributed by atoms with E-state index in [1.165, 1.54) is 6.92 Å². The molecule has 3 heterocycles. The van der Waals surface area contributed by atoms with Crippen LogP contribution in [0.15, 0.2) is 28.8 Å². The molecule has 0 spiro atoms. The monoisotopic (exact) mass is 496 g/mol. The number of likely N-dealkylation sites (tertiary alicyclic amines) is 1. The van der Waals surface area contributed by atoms with Gasteiger partial charge in [0.2, 0.25) is 5.82 Å². The molecule has 0 saturated carbocycles. The molecule has 0 aliphatic carbocycles. The Morgan fingerprint density at radius 3 is 2.74 bits per heavy atom. The van der Waals surface area contributed by atoms with Crippen molar-refractivity contribution in [3.05, 3.63) is 40.3 Å². The van der Waals surface area contributed by atoms with Gasteiger partial charge < -0.3 is 19.6 Å². The highest BCUT2D eigenvalue weighted by atomic mass is 32.1. The summed E-state index contributed by atoms with van der Waals surface area (Å²) in [4.78, 5) is 17.1. The molecular formula is C22H23F3N4O4S. The standard InChI is InChI=1S/C22H23F3N4O4S/c1-12-18(22(23,24)25)19(28-34-12)21-26-20(27-33-21)15-6-4-14(5-7-15)16(30)11-29-8-2-3-13(10-29)9-17(31)32/h4-7,13,16,30H,2-3,8-11H2,1H3,(H,31,32)/t13-,16-/m1/s1. The minimum Gasteiger partial charge on any atom is -0.481 e. The molecule has 0 radical (unpaired) electrons. The summed E-state index contributed by atoms with van der Waals surface area (Å²) in [5.41, 5.74) is -0.0914. The van der Waals surface area contributed by atoms with E-state index < -0.39 is 23.8 Å². The van der Waals surface area contributed by atoms with Gasteiger partial charge in [-0.05, 0) is 49.3 Å². The second-order valence-corrected chi connectivity index (χ2v) is 9.36. The van der Waals surface area contributed by atoms with E-state index in [1.807, 2.05) is 0 Å². The van der Waals surface area contributed by atoms with Gasteiger partial charge >= 0.3 is 12.1 Å². The van der Waals surface area contributed by atoms with Crippen molar-refractivity contribution in [2.24, 2.45) is 5.92 Å². The number of aliphatic hydroxyl groups is 1. The molecular weight excluding hydrogens is 473 g/mol. The van der Waals surface area contributed by atoms with Crippen LogP contribution < -0.4 is 0 Å². The van der Waals surface area contributed by atoms with Gasteiger partial charge in [0, 0.05) is 30.0 Å². The van der Waals surface area contributed by atoms with E-state index in [0.717, 1.165) is 30.9 Å². The van der Waals surface area contributed by atoms with Crippen molar-refractivity contribution in [1.82, 2.24) is 19.4 Å². The van der Waals surface area contributed by atoms with Gasteiger partial charge in [-0.2, -0.15) is 22.5 Å². The Balaban J connectivity index is 1.44. The molecule has 34 heavy (non-hydrogen) atoms. The fourth-order valence-corrected chi connectivity index (χ4v) is 4.93. The Bertz CT molecular complexity index is 1150. The van der Waals surface area contributed by atoms with E-state index in [0.29, 0.717) is 24.2 Å². The Kier molecular flexibility index (Phi) is 7.01. The number of aliphatic carboxylic acids is 1. The number of nitrogens with zero attached hydrogens (tertiary/aromatic N) is 4. The Labute approximate surface area is 197 Å². The summed E-state index contributed by atoms with van der Waals surface area (Å²) >= 11 is 0.721. The van der Waals surface area contributed by atoms with Crippen LogP contribution >= 0.6 is 11.5 Å². The SMILES string of the molecule is Cc1snc(-c2nc(-c3ccc([C@H](O)CN4CCC[C@H](CC(=O)O)C4)cc3)no2)c1C(F)(F)F. The minimum atomic E-state index is -4.58. The number of β-amino-alcohol motifs (C(OH)–C–C–N with tert-alkyl or cyclic N) is 1. The lowest BCUT2D eigenvalue weighted by Gasteiger charge is -2.33. The van der Waals surface area contributed by atoms with E-state index in [-0.39, 0.29) is 34.6 Å². The van der Waals surface area contributed by atoms with E-state index in [2.05, 4.69) is 19.4 Å². The Morgan fingerprint density at radius 1 is 1.32 bits per heavy atom. The number of carboxylic acid groups (broad SMARTS) is 1. The maximum atomic E-state index is 13.3. The third kappa shape index (κ3) is 5.45. The van der Waals surface area contributed by atoms with Crippen molar-refractivity contribution in [2.75, 3.05) is 19.6 Å². The van der Waals surface area contributed by atoms with Crippen LogP contribution in [0.4, 0.5) is 13.2 Å². The van der Waals surface area contributed by atoms with Crippen molar-refractivity contribution >= 4 is 17.5 Å². The van der Waals surface area contributed by atoms with Crippen LogP contribution in [-0.4, -0.2) is 55.2 Å². The van der Waals surface area contributed by atoms with Crippen molar-refractivity contribution in [1.29, 1.82) is 0 Å². The number of aliphatic hydroxyl groups excluding tert-OH is 1. The van der Waals surface area contributed by atoms with Crippen LogP contribution in [0, 0.1) is 12.8 Å². The third-order valence-corrected chi connectivity index (χ3v) is 6.58. The quantitative estimate of drug-likeness (QED) is 0.495. The molecule has 2 N–H and O–H groups in total. The molecule has 0 amide bonds. The number of piperidine rings is 1. The summed E-state index contributed by atoms with van der Waals surface area (Å²) in [6, 6.07) is 6.72. The molecule has 8 nitrogen and oxygen atoms in total. The zero-order valence-electron chi connectivity index (χ0n) is 18.2. The maximum Gasteiger partial charge on any atom is 0.419 e. The second kappa shape index (κ2) is 9.80. The number of halogens is 3. The zero-order valence-corrected chi connectivity index (χ0v) is 19.1. The third-order valence-electron chi connectivity index (χ3n) is 5.83. The summed E-state index contributed by atoms with van der Waals surface area (Å²) in [5.74, 6) is -0.932. The van der Waals surface area contributed by atoms with Gasteiger partial charge in [-0.1, -0.05) is 29.4 Å². The average Bonchev–Trinajstić information content (AvgIpc) is 3.40. The first kappa shape index (κ1) is 24.3. The molecule has 12 heteroatoms. The summed E-state index contributed by atoms with van der Waals surface area (Å²) in [6.07, 6.45) is -3.48. The summed E-state index contributed by atoms with van der Waals surface area (Å²) < 4.78 is 48.9. The number of rotatable bonds is 7. The molecule has 1 aliphatic heterocycles. The van der Waals surface area contributed by atoms with Crippen LogP contribution in [0.25, 0.3) is 23.0 Å². The normalized spacial score (nSPS) is 18.2. The number of carbonyl (C=O) groups is 1. The van der Waals surface area contributed by atoms with E-state index in [1.54, 1.807) is 24.3 Å². The number of aryl methyl sites for hydroxylation is 1. The number of alkyl halides is 3. The van der Waals surface area contributed by atoms with Crippen LogP contribution in [-0.2, 0) is 11.0 Å². The highest BCUT2D eigenvalue weighted by molar-refractivity contribution is 7.06. The van der Waals surface area contributed by atoms with Crippen molar-refractivity contribution < 1.29 is 32.7 Å². The first-order chi connectivity index (χ1) is 16.1. The van der Waals surface area contributed by atoms with Gasteiger partial charge in [-0.3, -0.25) is 4.79 Å². The molecule has 1 fully saturated rings. The fraction of sp³-hybridized carbons (Fsp3) is 0.455. The molecule has 2 aromatic heterocycles. The first-order valence-electron chi connectivity index (χ1n) is 10.7. The predicted octanol–water partition coefficient (Wildman–Crippen LogP) is 4.41. The lowest BCUT2D eigenvalue weighted by atomic mass is 9.94. The van der Waals surface area contributed by atoms with Crippen molar-refractivity contribution in [3.8, 4) is 23.0 Å². The topological polar surface area (TPSA) is 113 Å². The van der Waals surface area contributed by atoms with E-state index in [9.17, 15) is 23.1 Å². The van der Waals surface area contributed by atoms with Gasteiger partial charge in [0.15, 0.2) is 5.69 Å². The van der Waals surface area contributed by atoms with E-state index in [4.69, 9.17) is 9.63 Å². The Hall–Kier alpha value is -2.83. The lowest BCUT2D eigenvalue weighted by Crippen LogP contribution is -2.38. The maximum absolute atomic E-state index is 13.3. The van der Waals surface area contributed by atoms with Crippen molar-refractivity contribution in [2.45, 2.75) is 38.5 Å². The fourth-order valence-electron chi connectivity index (χ4n) is 4.22. The first-order valence-corrected chi connectivity index (χ1v) is 11.5. The number of benzene rings is 1. The molecule has 4 rings (SSSR count). The summed E-state index contributed by atoms with van der Waals surface area (Å²) in [7, 11) is 0. The number of aromatic nitrogens is 3. The minimum absolute atomic E-state index is 0.0172. The molecule has 182 valence electrons. The Morgan fingerprint density at radius 2 is 2.06 bits per heavy atom. The molecule has 1 saturated heterocycles. The molecule has 3 aromatic rings. The van der Waals surface area contributed by atoms with Gasteiger partial charge in [-0.25, -0.2) is 0 Å². The lowest BCUT2D eigenvalue weighted by molar-refractivity contribution is -0.139. The molecule has 2 atom stereocenters. The molecule has 1 aromatic carbocycles. The smallest absolute Gasteiger partial charge is 0.419 e. The van der Waals surface area contributed by atoms with Crippen molar-refractivity contribution in [3.63, 3.8) is 0 Å². The van der Waals surface area contributed by atoms with Gasteiger partial charge in [0.05, 0.1) is 6.10 Å². The van der Waals surface area contributed by atoms with Gasteiger partial charge in [0.1, 0.15) is 5.56 Å². The van der Waals surface area contributed by atoms with Gasteiger partial charge in [-0.15, -0.1) is 0 Å². The molecule has 0 unspecified atom stereocenters. The van der Waals surface area contributed by atoms with Gasteiger partial charge in [0.25, 0.3) is 5.89 Å². The summed E-state index contributed by atoms with van der Waals surface area (Å²) in [6.45, 7) is 3.14. The van der Waals surface area contributed by atoms with Crippen LogP contribution in [0.2, 0.25) is 0 Å². The summed E-state index contributed by atoms with van der Waals surface area (Å²) in [5, 5.41) is 23.4. The highest BCUT2D eigenvalue weighted by Gasteiger charge is 2.39. The molecule has 0 bridgehead atoms. The number of carboxylic acids is 1. The molecule has 1 aliphatic rings.